The molecule has 4 rings (SSSR count). The summed E-state index contributed by atoms with van der Waals surface area (Å²) < 4.78 is 13.6. The minimum absolute atomic E-state index is 0.0837. The molecule has 0 spiro atoms. The summed E-state index contributed by atoms with van der Waals surface area (Å²) in [6, 6.07) is 12.3. The third-order valence-electron chi connectivity index (χ3n) is 4.37. The summed E-state index contributed by atoms with van der Waals surface area (Å²) in [7, 11) is 1.76. The molecule has 1 atom stereocenters. The van der Waals surface area contributed by atoms with Gasteiger partial charge in [-0.15, -0.1) is 0 Å². The molecule has 1 unspecified atom stereocenters. The van der Waals surface area contributed by atoms with Gasteiger partial charge < -0.3 is 5.32 Å². The molecule has 26 heavy (non-hydrogen) atoms. The van der Waals surface area contributed by atoms with E-state index >= 15 is 0 Å². The van der Waals surface area contributed by atoms with Crippen molar-refractivity contribution in [1.29, 1.82) is 0 Å². The van der Waals surface area contributed by atoms with Gasteiger partial charge in [-0.2, -0.15) is 5.10 Å². The van der Waals surface area contributed by atoms with Crippen molar-refractivity contribution >= 4 is 34.1 Å². The minimum Gasteiger partial charge on any atom is -0.364 e. The summed E-state index contributed by atoms with van der Waals surface area (Å²) >= 11 is 5.42. The number of benzene rings is 2. The molecular weight excluding hydrogens is 349 g/mol. The molecule has 0 radical (unpaired) electrons. The molecule has 5 nitrogen and oxygen atoms in total. The lowest BCUT2D eigenvalue weighted by atomic mass is 9.98. The van der Waals surface area contributed by atoms with E-state index in [4.69, 9.17) is 12.2 Å². The standard InChI is InChI=1S/C19H16FN5S/c1-21-19(26)25-18(11-16(24-25)12-3-2-4-14(20)9-12)13-5-6-15-17(10-13)23-8-7-22-15/h2-10,18H,11H2,1H3,(H,21,26). The third kappa shape index (κ3) is 3.01. The van der Waals surface area contributed by atoms with Crippen molar-refractivity contribution in [2.45, 2.75) is 12.5 Å². The first-order valence-electron chi connectivity index (χ1n) is 8.21. The highest BCUT2D eigenvalue weighted by Crippen LogP contribution is 2.33. The summed E-state index contributed by atoms with van der Waals surface area (Å²) in [5.74, 6) is -0.280. The molecule has 0 bridgehead atoms. The Labute approximate surface area is 155 Å². The van der Waals surface area contributed by atoms with Crippen molar-refractivity contribution in [3.63, 3.8) is 0 Å². The van der Waals surface area contributed by atoms with Crippen LogP contribution in [0.1, 0.15) is 23.6 Å². The van der Waals surface area contributed by atoms with E-state index in [-0.39, 0.29) is 11.9 Å². The number of rotatable bonds is 2. The number of hydrogen-bond donors (Lipinski definition) is 1. The SMILES string of the molecule is CNC(=S)N1N=C(c2cccc(F)c2)CC1c1ccc2nccnc2c1. The van der Waals surface area contributed by atoms with Crippen molar-refractivity contribution in [2.24, 2.45) is 5.10 Å². The van der Waals surface area contributed by atoms with E-state index in [0.29, 0.717) is 11.5 Å². The van der Waals surface area contributed by atoms with Gasteiger partial charge in [-0.3, -0.25) is 9.97 Å². The quantitative estimate of drug-likeness (QED) is 0.705. The Balaban J connectivity index is 1.73. The second-order valence-electron chi connectivity index (χ2n) is 5.98. The van der Waals surface area contributed by atoms with Gasteiger partial charge >= 0.3 is 0 Å². The van der Waals surface area contributed by atoms with E-state index in [9.17, 15) is 4.39 Å². The van der Waals surface area contributed by atoms with Crippen LogP contribution in [0.5, 0.6) is 0 Å². The predicted octanol–water partition coefficient (Wildman–Crippen LogP) is 3.42. The van der Waals surface area contributed by atoms with Gasteiger partial charge in [0.15, 0.2) is 5.11 Å². The normalized spacial score (nSPS) is 16.6. The Morgan fingerprint density at radius 3 is 2.73 bits per heavy atom. The Bertz CT molecular complexity index is 1020. The lowest BCUT2D eigenvalue weighted by Crippen LogP contribution is -2.34. The first kappa shape index (κ1) is 16.5. The maximum Gasteiger partial charge on any atom is 0.189 e. The summed E-state index contributed by atoms with van der Waals surface area (Å²) in [5, 5.41) is 9.91. The number of fused-ring (bicyclic) bond motifs is 1. The summed E-state index contributed by atoms with van der Waals surface area (Å²) in [6.45, 7) is 0. The van der Waals surface area contributed by atoms with Crippen molar-refractivity contribution < 1.29 is 4.39 Å². The number of halogens is 1. The molecule has 1 aliphatic heterocycles. The van der Waals surface area contributed by atoms with Crippen LogP contribution >= 0.6 is 12.2 Å². The number of nitrogens with zero attached hydrogens (tertiary/aromatic N) is 4. The topological polar surface area (TPSA) is 53.4 Å². The maximum atomic E-state index is 13.6. The van der Waals surface area contributed by atoms with Crippen LogP contribution in [0, 0.1) is 5.82 Å². The molecule has 0 saturated heterocycles. The highest BCUT2D eigenvalue weighted by molar-refractivity contribution is 7.80. The Morgan fingerprint density at radius 2 is 1.96 bits per heavy atom. The van der Waals surface area contributed by atoms with Crippen LogP contribution in [0.15, 0.2) is 60.0 Å². The van der Waals surface area contributed by atoms with Crippen LogP contribution in [0.2, 0.25) is 0 Å². The molecule has 1 aliphatic rings. The number of hydrogen-bond acceptors (Lipinski definition) is 4. The van der Waals surface area contributed by atoms with Crippen molar-refractivity contribution in [1.82, 2.24) is 20.3 Å². The average Bonchev–Trinajstić information content (AvgIpc) is 3.12. The van der Waals surface area contributed by atoms with Crippen molar-refractivity contribution in [3.05, 3.63) is 71.8 Å². The zero-order valence-corrected chi connectivity index (χ0v) is 14.9. The molecule has 0 fully saturated rings. The summed E-state index contributed by atoms with van der Waals surface area (Å²) in [4.78, 5) is 8.68. The second kappa shape index (κ2) is 6.76. The van der Waals surface area contributed by atoms with Crippen LogP contribution in [0.25, 0.3) is 11.0 Å². The van der Waals surface area contributed by atoms with Gasteiger partial charge in [-0.05, 0) is 42.0 Å². The molecule has 0 aliphatic carbocycles. The Morgan fingerprint density at radius 1 is 1.15 bits per heavy atom. The average molecular weight is 365 g/mol. The van der Waals surface area contributed by atoms with E-state index in [1.54, 1.807) is 30.5 Å². The highest BCUT2D eigenvalue weighted by Gasteiger charge is 2.31. The van der Waals surface area contributed by atoms with Gasteiger partial charge in [0, 0.05) is 31.4 Å². The van der Waals surface area contributed by atoms with Crippen LogP contribution in [0.3, 0.4) is 0 Å². The van der Waals surface area contributed by atoms with E-state index in [1.807, 2.05) is 24.3 Å². The zero-order chi connectivity index (χ0) is 18.1. The number of aromatic nitrogens is 2. The fourth-order valence-corrected chi connectivity index (χ4v) is 3.27. The fraction of sp³-hybridized carbons (Fsp3) is 0.158. The molecule has 1 aromatic heterocycles. The van der Waals surface area contributed by atoms with E-state index in [0.717, 1.165) is 27.9 Å². The van der Waals surface area contributed by atoms with Crippen LogP contribution in [-0.2, 0) is 0 Å². The van der Waals surface area contributed by atoms with E-state index < -0.39 is 0 Å². The monoisotopic (exact) mass is 365 g/mol. The molecule has 1 N–H and O–H groups in total. The Hall–Kier alpha value is -2.93. The second-order valence-corrected chi connectivity index (χ2v) is 6.37. The Kier molecular flexibility index (Phi) is 4.30. The maximum absolute atomic E-state index is 13.6. The number of thiocarbonyl (C=S) groups is 1. The largest absolute Gasteiger partial charge is 0.364 e. The van der Waals surface area contributed by atoms with Crippen LogP contribution in [-0.4, -0.2) is 32.8 Å². The molecule has 7 heteroatoms. The van der Waals surface area contributed by atoms with Gasteiger partial charge in [-0.1, -0.05) is 18.2 Å². The lowest BCUT2D eigenvalue weighted by molar-refractivity contribution is 0.367. The minimum atomic E-state index is -0.280. The molecular formula is C19H16FN5S. The van der Waals surface area contributed by atoms with E-state index in [1.165, 1.54) is 12.1 Å². The van der Waals surface area contributed by atoms with Gasteiger partial charge in [0.25, 0.3) is 0 Å². The number of hydrazone groups is 1. The predicted molar refractivity (Wildman–Crippen MR) is 103 cm³/mol. The molecule has 2 heterocycles. The van der Waals surface area contributed by atoms with Crippen molar-refractivity contribution in [3.8, 4) is 0 Å². The van der Waals surface area contributed by atoms with E-state index in [2.05, 4.69) is 20.4 Å². The van der Waals surface area contributed by atoms with Gasteiger partial charge in [0.1, 0.15) is 5.82 Å². The third-order valence-corrected chi connectivity index (χ3v) is 4.76. The zero-order valence-electron chi connectivity index (χ0n) is 14.1. The summed E-state index contributed by atoms with van der Waals surface area (Å²) in [5.41, 5.74) is 4.25. The van der Waals surface area contributed by atoms with Gasteiger partial charge in [-0.25, -0.2) is 9.40 Å². The molecule has 2 aromatic carbocycles. The first-order chi connectivity index (χ1) is 12.7. The van der Waals surface area contributed by atoms with Crippen LogP contribution in [0.4, 0.5) is 4.39 Å². The first-order valence-corrected chi connectivity index (χ1v) is 8.61. The highest BCUT2D eigenvalue weighted by atomic mass is 32.1. The van der Waals surface area contributed by atoms with Crippen LogP contribution < -0.4 is 5.32 Å². The summed E-state index contributed by atoms with van der Waals surface area (Å²) in [6.07, 6.45) is 3.97. The van der Waals surface area contributed by atoms with Gasteiger partial charge in [0.2, 0.25) is 0 Å². The smallest absolute Gasteiger partial charge is 0.189 e. The van der Waals surface area contributed by atoms with Gasteiger partial charge in [0.05, 0.1) is 22.8 Å². The van der Waals surface area contributed by atoms with Crippen molar-refractivity contribution in [2.75, 3.05) is 7.05 Å². The molecule has 0 amide bonds. The molecule has 0 saturated carbocycles. The molecule has 130 valence electrons. The number of nitrogens with one attached hydrogen (secondary N) is 1. The molecule has 3 aromatic rings. The fourth-order valence-electron chi connectivity index (χ4n) is 3.10. The lowest BCUT2D eigenvalue weighted by Gasteiger charge is -2.23.